The molecule has 0 aliphatic rings. The third kappa shape index (κ3) is 5.98. The molecule has 2 amide bonds. The van der Waals surface area contributed by atoms with Gasteiger partial charge in [0.25, 0.3) is 0 Å². The number of carbonyl (C=O) groups is 2. The van der Waals surface area contributed by atoms with Gasteiger partial charge in [0.1, 0.15) is 12.6 Å². The van der Waals surface area contributed by atoms with Crippen LogP contribution in [0.2, 0.25) is 0 Å². The molecule has 5 nitrogen and oxygen atoms in total. The fourth-order valence-electron chi connectivity index (χ4n) is 1.01. The summed E-state index contributed by atoms with van der Waals surface area (Å²) in [5, 5.41) is 10.5. The van der Waals surface area contributed by atoms with Gasteiger partial charge in [-0.15, -0.1) is 0 Å². The van der Waals surface area contributed by atoms with Crippen LogP contribution < -0.4 is 5.32 Å². The SMILES string of the molecule is CC(NC(=O)N(CC(F)(F)F)C(C)C)C(=O)O. The van der Waals surface area contributed by atoms with Gasteiger partial charge in [0, 0.05) is 6.04 Å². The molecule has 0 rings (SSSR count). The molecule has 8 heteroatoms. The summed E-state index contributed by atoms with van der Waals surface area (Å²) in [5.74, 6) is -1.31. The van der Waals surface area contributed by atoms with Crippen molar-refractivity contribution in [3.8, 4) is 0 Å². The minimum absolute atomic E-state index is 0.527. The van der Waals surface area contributed by atoms with Crippen LogP contribution in [0.3, 0.4) is 0 Å². The summed E-state index contributed by atoms with van der Waals surface area (Å²) in [6.07, 6.45) is -4.52. The fourth-order valence-corrected chi connectivity index (χ4v) is 1.01. The number of carbonyl (C=O) groups excluding carboxylic acids is 1. The first-order valence-electron chi connectivity index (χ1n) is 4.91. The lowest BCUT2D eigenvalue weighted by Crippen LogP contribution is -2.51. The summed E-state index contributed by atoms with van der Waals surface area (Å²) in [6, 6.07) is -2.97. The lowest BCUT2D eigenvalue weighted by Gasteiger charge is -2.28. The Morgan fingerprint density at radius 2 is 1.76 bits per heavy atom. The van der Waals surface area contributed by atoms with Crippen molar-refractivity contribution < 1.29 is 27.9 Å². The van der Waals surface area contributed by atoms with Crippen LogP contribution in [0.4, 0.5) is 18.0 Å². The highest BCUT2D eigenvalue weighted by Crippen LogP contribution is 2.18. The van der Waals surface area contributed by atoms with E-state index < -0.39 is 36.8 Å². The first-order valence-corrected chi connectivity index (χ1v) is 4.91. The third-order valence-electron chi connectivity index (χ3n) is 1.94. The maximum Gasteiger partial charge on any atom is 0.406 e. The molecule has 0 aromatic carbocycles. The molecule has 0 aliphatic carbocycles. The van der Waals surface area contributed by atoms with Crippen LogP contribution in [0.15, 0.2) is 0 Å². The van der Waals surface area contributed by atoms with Gasteiger partial charge in [-0.2, -0.15) is 13.2 Å². The molecule has 0 saturated heterocycles. The molecule has 2 N–H and O–H groups in total. The number of alkyl halides is 3. The van der Waals surface area contributed by atoms with Gasteiger partial charge in [-0.1, -0.05) is 0 Å². The van der Waals surface area contributed by atoms with E-state index in [0.29, 0.717) is 4.90 Å². The summed E-state index contributed by atoms with van der Waals surface area (Å²) >= 11 is 0. The topological polar surface area (TPSA) is 69.6 Å². The van der Waals surface area contributed by atoms with Gasteiger partial charge in [0.15, 0.2) is 0 Å². The summed E-state index contributed by atoms with van der Waals surface area (Å²) in [7, 11) is 0. The van der Waals surface area contributed by atoms with Crippen molar-refractivity contribution in [2.75, 3.05) is 6.54 Å². The van der Waals surface area contributed by atoms with Crippen molar-refractivity contribution in [2.24, 2.45) is 0 Å². The standard InChI is InChI=1S/C9H15F3N2O3/c1-5(2)14(4-9(10,11)12)8(17)13-6(3)7(15)16/h5-6H,4H2,1-3H3,(H,13,17)(H,15,16). The van der Waals surface area contributed by atoms with E-state index >= 15 is 0 Å². The average Bonchev–Trinajstić information content (AvgIpc) is 2.11. The van der Waals surface area contributed by atoms with Crippen LogP contribution in [0.1, 0.15) is 20.8 Å². The summed E-state index contributed by atoms with van der Waals surface area (Å²) in [6.45, 7) is 2.59. The second-order valence-corrected chi connectivity index (χ2v) is 3.85. The molecule has 0 heterocycles. The summed E-state index contributed by atoms with van der Waals surface area (Å²) in [4.78, 5) is 22.4. The zero-order chi connectivity index (χ0) is 13.8. The number of hydrogen-bond acceptors (Lipinski definition) is 2. The predicted molar refractivity (Wildman–Crippen MR) is 53.5 cm³/mol. The van der Waals surface area contributed by atoms with Crippen molar-refractivity contribution in [2.45, 2.75) is 39.0 Å². The number of aliphatic carboxylic acids is 1. The number of nitrogens with zero attached hydrogens (tertiary/aromatic N) is 1. The molecule has 0 fully saturated rings. The van der Waals surface area contributed by atoms with Crippen molar-refractivity contribution in [1.29, 1.82) is 0 Å². The largest absolute Gasteiger partial charge is 0.480 e. The molecule has 0 radical (unpaired) electrons. The van der Waals surface area contributed by atoms with E-state index in [1.165, 1.54) is 20.8 Å². The minimum atomic E-state index is -4.52. The number of hydrogen-bond donors (Lipinski definition) is 2. The number of urea groups is 1. The van der Waals surface area contributed by atoms with E-state index in [4.69, 9.17) is 5.11 Å². The molecule has 17 heavy (non-hydrogen) atoms. The van der Waals surface area contributed by atoms with Crippen LogP contribution >= 0.6 is 0 Å². The van der Waals surface area contributed by atoms with Crippen molar-refractivity contribution in [1.82, 2.24) is 10.2 Å². The Morgan fingerprint density at radius 3 is 2.06 bits per heavy atom. The van der Waals surface area contributed by atoms with Crippen molar-refractivity contribution >= 4 is 12.0 Å². The number of amides is 2. The Kier molecular flexibility index (Phi) is 5.24. The molecule has 0 bridgehead atoms. The molecule has 1 atom stereocenters. The van der Waals surface area contributed by atoms with Crippen LogP contribution in [0, 0.1) is 0 Å². The van der Waals surface area contributed by atoms with E-state index in [0.717, 1.165) is 0 Å². The van der Waals surface area contributed by atoms with Crippen LogP contribution in [-0.4, -0.2) is 46.8 Å². The van der Waals surface area contributed by atoms with E-state index in [9.17, 15) is 22.8 Å². The van der Waals surface area contributed by atoms with Crippen molar-refractivity contribution in [3.63, 3.8) is 0 Å². The van der Waals surface area contributed by atoms with Gasteiger partial charge in [-0.25, -0.2) is 4.79 Å². The second kappa shape index (κ2) is 5.74. The van der Waals surface area contributed by atoms with Gasteiger partial charge in [-0.05, 0) is 20.8 Å². The van der Waals surface area contributed by atoms with Gasteiger partial charge in [0.05, 0.1) is 0 Å². The maximum absolute atomic E-state index is 12.2. The minimum Gasteiger partial charge on any atom is -0.480 e. The highest BCUT2D eigenvalue weighted by molar-refractivity contribution is 5.82. The average molecular weight is 256 g/mol. The molecular formula is C9H15F3N2O3. The van der Waals surface area contributed by atoms with E-state index in [1.807, 2.05) is 5.32 Å². The van der Waals surface area contributed by atoms with Crippen LogP contribution in [-0.2, 0) is 4.79 Å². The van der Waals surface area contributed by atoms with Gasteiger partial charge < -0.3 is 15.3 Å². The van der Waals surface area contributed by atoms with E-state index in [2.05, 4.69) is 0 Å². The van der Waals surface area contributed by atoms with Crippen LogP contribution in [0.5, 0.6) is 0 Å². The number of carboxylic acids is 1. The zero-order valence-electron chi connectivity index (χ0n) is 9.71. The first kappa shape index (κ1) is 15.5. The quantitative estimate of drug-likeness (QED) is 0.799. The highest BCUT2D eigenvalue weighted by atomic mass is 19.4. The Hall–Kier alpha value is -1.47. The Balaban J connectivity index is 4.62. The van der Waals surface area contributed by atoms with Gasteiger partial charge in [0.2, 0.25) is 0 Å². The predicted octanol–water partition coefficient (Wildman–Crippen LogP) is 1.44. The van der Waals surface area contributed by atoms with E-state index in [-0.39, 0.29) is 0 Å². The van der Waals surface area contributed by atoms with Crippen LogP contribution in [0.25, 0.3) is 0 Å². The molecule has 0 spiro atoms. The maximum atomic E-state index is 12.2. The Labute approximate surface area is 96.6 Å². The lowest BCUT2D eigenvalue weighted by molar-refractivity contribution is -0.143. The molecular weight excluding hydrogens is 241 g/mol. The van der Waals surface area contributed by atoms with Crippen molar-refractivity contribution in [3.05, 3.63) is 0 Å². The number of nitrogens with one attached hydrogen (secondary N) is 1. The van der Waals surface area contributed by atoms with Gasteiger partial charge >= 0.3 is 18.2 Å². The normalized spacial score (nSPS) is 13.4. The van der Waals surface area contributed by atoms with E-state index in [1.54, 1.807) is 0 Å². The molecule has 1 unspecified atom stereocenters. The highest BCUT2D eigenvalue weighted by Gasteiger charge is 2.34. The molecule has 0 aliphatic heterocycles. The molecule has 0 aromatic heterocycles. The fraction of sp³-hybridized carbons (Fsp3) is 0.778. The lowest BCUT2D eigenvalue weighted by atomic mass is 10.3. The van der Waals surface area contributed by atoms with Gasteiger partial charge in [-0.3, -0.25) is 4.79 Å². The Bertz CT molecular complexity index is 292. The second-order valence-electron chi connectivity index (χ2n) is 3.85. The number of halogens is 3. The molecule has 100 valence electrons. The summed E-state index contributed by atoms with van der Waals surface area (Å²) in [5.41, 5.74) is 0. The molecule has 0 saturated carbocycles. The summed E-state index contributed by atoms with van der Waals surface area (Å²) < 4.78 is 36.6. The third-order valence-corrected chi connectivity index (χ3v) is 1.94. The Morgan fingerprint density at radius 1 is 1.29 bits per heavy atom. The monoisotopic (exact) mass is 256 g/mol. The smallest absolute Gasteiger partial charge is 0.406 e. The zero-order valence-corrected chi connectivity index (χ0v) is 9.71. The number of rotatable bonds is 4. The molecule has 0 aromatic rings. The number of carboxylic acid groups (broad SMARTS) is 1. The first-order chi connectivity index (χ1) is 7.54.